The minimum atomic E-state index is -0.922. The maximum absolute atomic E-state index is 13.8. The van der Waals surface area contributed by atoms with Gasteiger partial charge in [-0.15, -0.1) is 0 Å². The third-order valence-corrected chi connectivity index (χ3v) is 10.2. The summed E-state index contributed by atoms with van der Waals surface area (Å²) in [6, 6.07) is 21.5. The van der Waals surface area contributed by atoms with E-state index < -0.39 is 12.1 Å². The molecule has 228 valence electrons. The molecule has 2 aliphatic carbocycles. The molecule has 2 amide bonds. The number of amides is 2. The first-order chi connectivity index (χ1) is 21.7. The van der Waals surface area contributed by atoms with Crippen molar-refractivity contribution in [2.24, 2.45) is 23.7 Å². The first-order valence-corrected chi connectivity index (χ1v) is 16.4. The Morgan fingerprint density at radius 1 is 0.956 bits per heavy atom. The number of aryl methyl sites for hydroxylation is 1. The number of carbonyl (C=O) groups is 4. The number of Topliss-reactive ketones (excluding diaryl/α,β-unsaturated/α-hetero) is 1. The molecule has 4 aromatic rings. The Hall–Kier alpha value is -4.17. The van der Waals surface area contributed by atoms with E-state index in [2.05, 4.69) is 15.9 Å². The van der Waals surface area contributed by atoms with Crippen LogP contribution in [-0.4, -0.2) is 34.7 Å². The fourth-order valence-electron chi connectivity index (χ4n) is 7.70. The van der Waals surface area contributed by atoms with Crippen molar-refractivity contribution in [3.63, 3.8) is 0 Å². The van der Waals surface area contributed by atoms with E-state index in [0.717, 1.165) is 34.9 Å². The van der Waals surface area contributed by atoms with Gasteiger partial charge in [0.25, 0.3) is 0 Å². The molecule has 3 fully saturated rings. The van der Waals surface area contributed by atoms with Crippen LogP contribution in [0.4, 0.5) is 5.69 Å². The summed E-state index contributed by atoms with van der Waals surface area (Å²) in [4.78, 5) is 60.2. The molecule has 1 aromatic heterocycles. The third kappa shape index (κ3) is 5.09. The lowest BCUT2D eigenvalue weighted by atomic mass is 9.81. The number of ketones is 1. The van der Waals surface area contributed by atoms with Gasteiger partial charge in [-0.3, -0.25) is 19.3 Å². The van der Waals surface area contributed by atoms with Crippen LogP contribution in [0.25, 0.3) is 22.2 Å². The van der Waals surface area contributed by atoms with Gasteiger partial charge in [-0.2, -0.15) is 0 Å². The molecule has 2 saturated carbocycles. The summed E-state index contributed by atoms with van der Waals surface area (Å²) in [7, 11) is 0. The Labute approximate surface area is 270 Å². The lowest BCUT2D eigenvalue weighted by Crippen LogP contribution is -2.32. The van der Waals surface area contributed by atoms with Crippen LogP contribution >= 0.6 is 15.9 Å². The third-order valence-electron chi connectivity index (χ3n) is 9.79. The second-order valence-electron chi connectivity index (χ2n) is 12.5. The second-order valence-corrected chi connectivity index (χ2v) is 13.4. The summed E-state index contributed by atoms with van der Waals surface area (Å²) >= 11 is 3.54. The van der Waals surface area contributed by atoms with E-state index in [9.17, 15) is 19.2 Å². The van der Waals surface area contributed by atoms with Crippen LogP contribution in [-0.2, 0) is 14.3 Å². The quantitative estimate of drug-likeness (QED) is 0.109. The number of fused-ring (bicyclic) bond motifs is 6. The minimum absolute atomic E-state index is 0.0771. The molecule has 5 unspecified atom stereocenters. The maximum Gasteiger partial charge on any atom is 0.339 e. The highest BCUT2D eigenvalue weighted by Gasteiger charge is 2.61. The number of aromatic nitrogens is 1. The number of imide groups is 1. The fourth-order valence-corrected chi connectivity index (χ4v) is 8.28. The average molecular weight is 666 g/mol. The predicted octanol–water partition coefficient (Wildman–Crippen LogP) is 7.72. The van der Waals surface area contributed by atoms with E-state index >= 15 is 0 Å². The van der Waals surface area contributed by atoms with Gasteiger partial charge in [0.05, 0.1) is 34.3 Å². The SMILES string of the molecule is CCCC(OC(=O)c1cc(-c2ccc(N3C(=O)C4C5CCC(C5)C4C3=O)cc2)nc2c(C)cc(Br)cc12)C(=O)c1ccccc1. The van der Waals surface area contributed by atoms with Crippen molar-refractivity contribution in [2.75, 3.05) is 4.90 Å². The normalized spacial score (nSPS) is 22.6. The highest BCUT2D eigenvalue weighted by atomic mass is 79.9. The number of rotatable bonds is 8. The number of ether oxygens (including phenoxy) is 1. The van der Waals surface area contributed by atoms with Crippen molar-refractivity contribution in [3.8, 4) is 11.3 Å². The van der Waals surface area contributed by atoms with Gasteiger partial charge in [0.1, 0.15) is 0 Å². The lowest BCUT2D eigenvalue weighted by molar-refractivity contribution is -0.123. The van der Waals surface area contributed by atoms with Gasteiger partial charge in [-0.05, 0) is 80.3 Å². The lowest BCUT2D eigenvalue weighted by Gasteiger charge is -2.19. The zero-order valence-electron chi connectivity index (χ0n) is 25.2. The monoisotopic (exact) mass is 664 g/mol. The van der Waals surface area contributed by atoms with E-state index in [1.807, 2.05) is 44.2 Å². The van der Waals surface area contributed by atoms with Crippen molar-refractivity contribution in [3.05, 3.63) is 94.0 Å². The zero-order chi connectivity index (χ0) is 31.4. The Bertz CT molecular complexity index is 1830. The number of benzene rings is 3. The number of halogens is 1. The Balaban J connectivity index is 1.22. The number of hydrogen-bond donors (Lipinski definition) is 0. The largest absolute Gasteiger partial charge is 0.450 e. The number of hydrogen-bond acceptors (Lipinski definition) is 6. The average Bonchev–Trinajstić information content (AvgIpc) is 3.74. The van der Waals surface area contributed by atoms with Gasteiger partial charge in [-0.1, -0.05) is 71.7 Å². The van der Waals surface area contributed by atoms with E-state index in [1.165, 1.54) is 4.90 Å². The van der Waals surface area contributed by atoms with Crippen molar-refractivity contribution in [1.82, 2.24) is 4.98 Å². The maximum atomic E-state index is 13.8. The number of anilines is 1. The Morgan fingerprint density at radius 3 is 2.27 bits per heavy atom. The van der Waals surface area contributed by atoms with E-state index in [4.69, 9.17) is 9.72 Å². The van der Waals surface area contributed by atoms with Gasteiger partial charge in [-0.25, -0.2) is 9.78 Å². The van der Waals surface area contributed by atoms with Crippen molar-refractivity contribution in [1.29, 1.82) is 0 Å². The van der Waals surface area contributed by atoms with Gasteiger partial charge < -0.3 is 4.74 Å². The molecule has 0 N–H and O–H groups in total. The summed E-state index contributed by atoms with van der Waals surface area (Å²) in [5, 5.41) is 0.615. The number of carbonyl (C=O) groups excluding carboxylic acids is 4. The molecule has 0 radical (unpaired) electrons. The number of esters is 1. The van der Waals surface area contributed by atoms with Crippen molar-refractivity contribution < 1.29 is 23.9 Å². The molecule has 7 nitrogen and oxygen atoms in total. The molecule has 5 atom stereocenters. The van der Waals surface area contributed by atoms with Crippen LogP contribution in [0.5, 0.6) is 0 Å². The summed E-state index contributed by atoms with van der Waals surface area (Å²) < 4.78 is 6.72. The smallest absolute Gasteiger partial charge is 0.339 e. The number of nitrogens with zero attached hydrogens (tertiary/aromatic N) is 2. The molecule has 2 bridgehead atoms. The van der Waals surface area contributed by atoms with E-state index in [0.29, 0.717) is 58.1 Å². The topological polar surface area (TPSA) is 93.6 Å². The molecule has 1 saturated heterocycles. The first-order valence-electron chi connectivity index (χ1n) is 15.6. The molecule has 8 heteroatoms. The van der Waals surface area contributed by atoms with Gasteiger partial charge in [0.2, 0.25) is 17.6 Å². The van der Waals surface area contributed by atoms with E-state index in [1.54, 1.807) is 42.5 Å². The zero-order valence-corrected chi connectivity index (χ0v) is 26.8. The summed E-state index contributed by atoms with van der Waals surface area (Å²) in [6.07, 6.45) is 3.21. The van der Waals surface area contributed by atoms with Crippen LogP contribution in [0.3, 0.4) is 0 Å². The first kappa shape index (κ1) is 29.5. The number of pyridine rings is 1. The molecule has 7 rings (SSSR count). The van der Waals surface area contributed by atoms with Crippen LogP contribution in [0, 0.1) is 30.6 Å². The highest BCUT2D eigenvalue weighted by molar-refractivity contribution is 9.10. The van der Waals surface area contributed by atoms with Crippen molar-refractivity contribution >= 4 is 56.1 Å². The molecule has 3 aliphatic rings. The van der Waals surface area contributed by atoms with Crippen LogP contribution < -0.4 is 4.90 Å². The summed E-state index contributed by atoms with van der Waals surface area (Å²) in [5.74, 6) is -0.708. The summed E-state index contributed by atoms with van der Waals surface area (Å²) in [6.45, 7) is 3.87. The van der Waals surface area contributed by atoms with Crippen molar-refractivity contribution in [2.45, 2.75) is 52.1 Å². The molecule has 0 spiro atoms. The fraction of sp³-hybridized carbons (Fsp3) is 0.324. The van der Waals surface area contributed by atoms with Crippen LogP contribution in [0.15, 0.2) is 77.3 Å². The highest BCUT2D eigenvalue weighted by Crippen LogP contribution is 2.56. The van der Waals surface area contributed by atoms with Gasteiger partial charge in [0.15, 0.2) is 6.10 Å². The molecular formula is C37H33BrN2O5. The molecule has 3 aromatic carbocycles. The molecule has 45 heavy (non-hydrogen) atoms. The molecule has 2 heterocycles. The predicted molar refractivity (Wildman–Crippen MR) is 175 cm³/mol. The molecular weight excluding hydrogens is 632 g/mol. The van der Waals surface area contributed by atoms with Crippen LogP contribution in [0.1, 0.15) is 65.3 Å². The molecule has 1 aliphatic heterocycles. The van der Waals surface area contributed by atoms with Gasteiger partial charge >= 0.3 is 5.97 Å². The standard InChI is InChI=1S/C37H33BrN2O5/c1-3-7-30(34(41)22-8-5-4-6-9-22)45-37(44)28-19-29(39-33-20(2)16-25(38)18-27(28)33)21-12-14-26(15-13-21)40-35(42)31-23-10-11-24(17-23)32(31)36(40)43/h4-6,8-9,12-16,18-19,23-24,30-32H,3,7,10-11,17H2,1-2H3. The Kier molecular flexibility index (Phi) is 7.64. The second kappa shape index (κ2) is 11.6. The Morgan fingerprint density at radius 2 is 1.62 bits per heavy atom. The van der Waals surface area contributed by atoms with E-state index in [-0.39, 0.29) is 29.4 Å². The summed E-state index contributed by atoms with van der Waals surface area (Å²) in [5.41, 5.74) is 4.13. The van der Waals surface area contributed by atoms with Gasteiger partial charge in [0, 0.05) is 21.0 Å². The minimum Gasteiger partial charge on any atom is -0.450 e. The van der Waals surface area contributed by atoms with Crippen LogP contribution in [0.2, 0.25) is 0 Å².